The lowest BCUT2D eigenvalue weighted by molar-refractivity contribution is 0.824. The molecule has 0 spiro atoms. The van der Waals surface area contributed by atoms with Crippen molar-refractivity contribution >= 4 is 0 Å². The maximum atomic E-state index is 8.57. The summed E-state index contributed by atoms with van der Waals surface area (Å²) in [6, 6.07) is 9.58. The van der Waals surface area contributed by atoms with E-state index in [1.807, 2.05) is 37.4 Å². The normalized spacial score (nSPS) is 9.87. The third-order valence-corrected chi connectivity index (χ3v) is 2.01. The van der Waals surface area contributed by atoms with Gasteiger partial charge < -0.3 is 0 Å². The highest BCUT2D eigenvalue weighted by molar-refractivity contribution is 5.25. The van der Waals surface area contributed by atoms with Gasteiger partial charge in [-0.3, -0.25) is 0 Å². The number of nitrogens with zero attached hydrogens (tertiary/aromatic N) is 4. The zero-order valence-corrected chi connectivity index (χ0v) is 8.38. The molecule has 0 aromatic carbocycles. The minimum atomic E-state index is 0.327. The van der Waals surface area contributed by atoms with Gasteiger partial charge in [-0.25, -0.2) is 9.67 Å². The fourth-order valence-electron chi connectivity index (χ4n) is 1.32. The molecule has 0 radical (unpaired) electrons. The molecule has 15 heavy (non-hydrogen) atoms. The predicted molar refractivity (Wildman–Crippen MR) is 55.4 cm³/mol. The van der Waals surface area contributed by atoms with Gasteiger partial charge in [0.1, 0.15) is 0 Å². The van der Waals surface area contributed by atoms with E-state index in [9.17, 15) is 0 Å². The average Bonchev–Trinajstić information content (AvgIpc) is 2.66. The van der Waals surface area contributed by atoms with Crippen LogP contribution >= 0.6 is 0 Å². The van der Waals surface area contributed by atoms with E-state index in [-0.39, 0.29) is 0 Å². The highest BCUT2D eigenvalue weighted by atomic mass is 15.3. The summed E-state index contributed by atoms with van der Waals surface area (Å²) >= 11 is 0. The summed E-state index contributed by atoms with van der Waals surface area (Å²) in [5.74, 6) is 0.746. The number of pyridine rings is 1. The van der Waals surface area contributed by atoms with Gasteiger partial charge in [0.05, 0.1) is 23.9 Å². The van der Waals surface area contributed by atoms with Gasteiger partial charge in [0.2, 0.25) is 0 Å². The first-order chi connectivity index (χ1) is 7.29. The molecule has 0 aliphatic carbocycles. The Bertz CT molecular complexity index is 507. The van der Waals surface area contributed by atoms with Crippen molar-refractivity contribution in [1.82, 2.24) is 14.8 Å². The predicted octanol–water partition coefficient (Wildman–Crippen LogP) is 1.64. The quantitative estimate of drug-likeness (QED) is 0.737. The topological polar surface area (TPSA) is 54.5 Å². The number of aromatic nitrogens is 3. The molecule has 74 valence electrons. The molecule has 2 rings (SSSR count). The molecule has 4 nitrogen and oxygen atoms in total. The van der Waals surface area contributed by atoms with Gasteiger partial charge in [-0.15, -0.1) is 0 Å². The lowest BCUT2D eigenvalue weighted by Crippen LogP contribution is -2.00. The largest absolute Gasteiger partial charge is 0.233 e. The lowest BCUT2D eigenvalue weighted by Gasteiger charge is -2.01. The Morgan fingerprint density at radius 2 is 2.27 bits per heavy atom. The number of nitriles is 1. The van der Waals surface area contributed by atoms with Crippen LogP contribution in [0.1, 0.15) is 11.4 Å². The van der Waals surface area contributed by atoms with Gasteiger partial charge in [-0.1, -0.05) is 6.07 Å². The molecule has 0 N–H and O–H groups in total. The maximum Gasteiger partial charge on any atom is 0.153 e. The fraction of sp³-hybridized carbons (Fsp3) is 0.182. The van der Waals surface area contributed by atoms with E-state index in [1.165, 1.54) is 0 Å². The minimum absolute atomic E-state index is 0.327. The molecule has 0 fully saturated rings. The van der Waals surface area contributed by atoms with E-state index in [0.29, 0.717) is 6.42 Å². The van der Waals surface area contributed by atoms with Crippen LogP contribution in [0, 0.1) is 18.3 Å². The van der Waals surface area contributed by atoms with Gasteiger partial charge in [0.25, 0.3) is 0 Å². The van der Waals surface area contributed by atoms with Crippen molar-refractivity contribution in [2.45, 2.75) is 13.3 Å². The van der Waals surface area contributed by atoms with Gasteiger partial charge in [0.15, 0.2) is 5.82 Å². The molecule has 0 unspecified atom stereocenters. The maximum absolute atomic E-state index is 8.57. The van der Waals surface area contributed by atoms with E-state index < -0.39 is 0 Å². The second-order valence-electron chi connectivity index (χ2n) is 3.22. The smallest absolute Gasteiger partial charge is 0.153 e. The molecule has 2 aromatic heterocycles. The van der Waals surface area contributed by atoms with Crippen LogP contribution in [0.15, 0.2) is 30.5 Å². The zero-order chi connectivity index (χ0) is 10.7. The van der Waals surface area contributed by atoms with Crippen LogP contribution in [0.4, 0.5) is 0 Å². The molecular weight excluding hydrogens is 188 g/mol. The van der Waals surface area contributed by atoms with Crippen molar-refractivity contribution < 1.29 is 0 Å². The summed E-state index contributed by atoms with van der Waals surface area (Å²) < 4.78 is 1.70. The summed E-state index contributed by atoms with van der Waals surface area (Å²) in [6.07, 6.45) is 2.18. The van der Waals surface area contributed by atoms with E-state index >= 15 is 0 Å². The van der Waals surface area contributed by atoms with Crippen molar-refractivity contribution in [3.05, 3.63) is 41.9 Å². The highest BCUT2D eigenvalue weighted by Crippen LogP contribution is 2.05. The van der Waals surface area contributed by atoms with Crippen LogP contribution in [-0.2, 0) is 6.42 Å². The van der Waals surface area contributed by atoms with Crippen molar-refractivity contribution in [3.8, 4) is 11.9 Å². The highest BCUT2D eigenvalue weighted by Gasteiger charge is 2.00. The molecule has 0 bridgehead atoms. The van der Waals surface area contributed by atoms with E-state index in [0.717, 1.165) is 17.2 Å². The Morgan fingerprint density at radius 3 is 2.93 bits per heavy atom. The average molecular weight is 198 g/mol. The Hall–Kier alpha value is -2.15. The Morgan fingerprint density at radius 1 is 1.40 bits per heavy atom. The monoisotopic (exact) mass is 198 g/mol. The number of hydrogen-bond acceptors (Lipinski definition) is 3. The van der Waals surface area contributed by atoms with Crippen LogP contribution in [-0.4, -0.2) is 14.8 Å². The molecule has 4 heteroatoms. The van der Waals surface area contributed by atoms with Crippen LogP contribution < -0.4 is 0 Å². The summed E-state index contributed by atoms with van der Waals surface area (Å²) in [5, 5.41) is 12.8. The molecule has 2 aromatic rings. The molecule has 0 saturated carbocycles. The van der Waals surface area contributed by atoms with E-state index in [2.05, 4.69) is 16.2 Å². The zero-order valence-electron chi connectivity index (χ0n) is 8.38. The third-order valence-electron chi connectivity index (χ3n) is 2.01. The van der Waals surface area contributed by atoms with Crippen molar-refractivity contribution in [2.24, 2.45) is 0 Å². The minimum Gasteiger partial charge on any atom is -0.233 e. The number of aryl methyl sites for hydroxylation is 1. The Kier molecular flexibility index (Phi) is 2.46. The van der Waals surface area contributed by atoms with E-state index in [4.69, 9.17) is 5.26 Å². The van der Waals surface area contributed by atoms with Crippen LogP contribution in [0.2, 0.25) is 0 Å². The summed E-state index contributed by atoms with van der Waals surface area (Å²) in [5.41, 5.74) is 1.71. The van der Waals surface area contributed by atoms with Crippen molar-refractivity contribution in [2.75, 3.05) is 0 Å². The molecule has 0 saturated heterocycles. The molecule has 0 atom stereocenters. The summed E-state index contributed by atoms with van der Waals surface area (Å²) in [4.78, 5) is 4.32. The molecule has 0 amide bonds. The standard InChI is InChI=1S/C11H10N4/c1-9-6-8-15(14-9)11-4-2-3-10(13-11)5-7-12/h2-4,6,8H,5H2,1H3. The van der Waals surface area contributed by atoms with Crippen LogP contribution in [0.5, 0.6) is 0 Å². The first kappa shape index (κ1) is 9.41. The van der Waals surface area contributed by atoms with Crippen LogP contribution in [0.3, 0.4) is 0 Å². The van der Waals surface area contributed by atoms with E-state index in [1.54, 1.807) is 4.68 Å². The van der Waals surface area contributed by atoms with Crippen LogP contribution in [0.25, 0.3) is 5.82 Å². The summed E-state index contributed by atoms with van der Waals surface area (Å²) in [7, 11) is 0. The summed E-state index contributed by atoms with van der Waals surface area (Å²) in [6.45, 7) is 1.93. The molecule has 2 heterocycles. The molecular formula is C11H10N4. The molecule has 0 aliphatic heterocycles. The second-order valence-corrected chi connectivity index (χ2v) is 3.22. The fourth-order valence-corrected chi connectivity index (χ4v) is 1.32. The molecule has 0 aliphatic rings. The second kappa shape index (κ2) is 3.93. The number of hydrogen-bond donors (Lipinski definition) is 0. The van der Waals surface area contributed by atoms with Gasteiger partial charge in [-0.2, -0.15) is 10.4 Å². The van der Waals surface area contributed by atoms with Gasteiger partial charge in [-0.05, 0) is 25.1 Å². The lowest BCUT2D eigenvalue weighted by atomic mass is 10.3. The SMILES string of the molecule is Cc1ccn(-c2cccc(CC#N)n2)n1. The first-order valence-corrected chi connectivity index (χ1v) is 4.65. The van der Waals surface area contributed by atoms with Crippen molar-refractivity contribution in [3.63, 3.8) is 0 Å². The Labute approximate surface area is 87.8 Å². The number of rotatable bonds is 2. The van der Waals surface area contributed by atoms with Gasteiger partial charge >= 0.3 is 0 Å². The third kappa shape index (κ3) is 2.02. The van der Waals surface area contributed by atoms with Gasteiger partial charge in [0, 0.05) is 6.20 Å². The Balaban J connectivity index is 2.37. The first-order valence-electron chi connectivity index (χ1n) is 4.65. The van der Waals surface area contributed by atoms with Crippen molar-refractivity contribution in [1.29, 1.82) is 5.26 Å².